The van der Waals surface area contributed by atoms with Crippen molar-refractivity contribution in [2.75, 3.05) is 26.2 Å². The molecule has 3 atom stereocenters. The molecule has 9 heteroatoms. The number of nitrogens with two attached hydrogens (primary N) is 4. The van der Waals surface area contributed by atoms with Crippen LogP contribution in [0.15, 0.2) is 4.99 Å². The lowest BCUT2D eigenvalue weighted by atomic mass is 10.1. The third-order valence-corrected chi connectivity index (χ3v) is 4.92. The fourth-order valence-corrected chi connectivity index (χ4v) is 3.43. The number of aliphatic imine (C=N–C) groups is 1. The molecule has 1 aliphatic heterocycles. The summed E-state index contributed by atoms with van der Waals surface area (Å²) in [5.41, 5.74) is 22.3. The third-order valence-electron chi connectivity index (χ3n) is 4.92. The Morgan fingerprint density at radius 3 is 2.45 bits per heavy atom. The van der Waals surface area contributed by atoms with Crippen LogP contribution >= 0.6 is 0 Å². The van der Waals surface area contributed by atoms with Gasteiger partial charge in [0, 0.05) is 19.1 Å². The summed E-state index contributed by atoms with van der Waals surface area (Å²) in [5.74, 6) is -0.123. The lowest BCUT2D eigenvalue weighted by Crippen LogP contribution is -2.51. The molecule has 29 heavy (non-hydrogen) atoms. The predicted octanol–water partition coefficient (Wildman–Crippen LogP) is 0.0607. The summed E-state index contributed by atoms with van der Waals surface area (Å²) in [6.07, 6.45) is 5.78. The van der Waals surface area contributed by atoms with Gasteiger partial charge in [-0.2, -0.15) is 0 Å². The second kappa shape index (κ2) is 16.1. The smallest absolute Gasteiger partial charge is 0.237 e. The first-order valence-electron chi connectivity index (χ1n) is 10.9. The summed E-state index contributed by atoms with van der Waals surface area (Å²) in [5, 5.41) is 2.90. The van der Waals surface area contributed by atoms with Crippen molar-refractivity contribution >= 4 is 17.6 Å². The van der Waals surface area contributed by atoms with E-state index in [0.717, 1.165) is 38.6 Å². The lowest BCUT2D eigenvalue weighted by molar-refractivity contribution is -0.130. The van der Waals surface area contributed by atoms with Gasteiger partial charge in [0.05, 0.1) is 12.1 Å². The first-order valence-corrected chi connectivity index (χ1v) is 10.9. The number of nitrogens with one attached hydrogen (secondary N) is 1. The molecule has 0 spiro atoms. The lowest BCUT2D eigenvalue weighted by Gasteiger charge is -2.28. The van der Waals surface area contributed by atoms with Crippen LogP contribution < -0.4 is 28.3 Å². The maximum absolute atomic E-state index is 12.7. The topological polar surface area (TPSA) is 166 Å². The minimum Gasteiger partial charge on any atom is -0.370 e. The maximum atomic E-state index is 12.7. The van der Waals surface area contributed by atoms with E-state index in [2.05, 4.69) is 15.2 Å². The molecule has 0 aromatic heterocycles. The Kier molecular flexibility index (Phi) is 15.2. The number of ketones is 1. The highest BCUT2D eigenvalue weighted by Crippen LogP contribution is 2.18. The van der Waals surface area contributed by atoms with Crippen molar-refractivity contribution in [3.63, 3.8) is 0 Å². The molecule has 0 aliphatic carbocycles. The Hall–Kier alpha value is -1.71. The fraction of sp³-hybridized carbons (Fsp3) is 0.850. The molecular weight excluding hydrogens is 370 g/mol. The van der Waals surface area contributed by atoms with Crippen LogP contribution in [-0.4, -0.2) is 66.9 Å². The van der Waals surface area contributed by atoms with Gasteiger partial charge in [-0.3, -0.25) is 19.5 Å². The molecule has 1 saturated heterocycles. The molecule has 9 N–H and O–H groups in total. The van der Waals surface area contributed by atoms with Gasteiger partial charge >= 0.3 is 0 Å². The van der Waals surface area contributed by atoms with E-state index in [1.807, 2.05) is 13.8 Å². The molecule has 1 aliphatic rings. The Balaban J connectivity index is 0.00000379. The van der Waals surface area contributed by atoms with E-state index in [4.69, 9.17) is 22.9 Å². The SMILES string of the molecule is CC.CC(=O)C(CCCN=C(N)N)NC(=O)C1CCCN1CC(N)CCCCN. The van der Waals surface area contributed by atoms with Crippen molar-refractivity contribution in [2.24, 2.45) is 27.9 Å². The van der Waals surface area contributed by atoms with Gasteiger partial charge < -0.3 is 28.3 Å². The number of rotatable bonds is 13. The van der Waals surface area contributed by atoms with Gasteiger partial charge in [0.15, 0.2) is 11.7 Å². The van der Waals surface area contributed by atoms with Crippen molar-refractivity contribution in [1.82, 2.24) is 10.2 Å². The summed E-state index contributed by atoms with van der Waals surface area (Å²) in [7, 11) is 0. The molecule has 0 aromatic rings. The minimum absolute atomic E-state index is 0.0304. The van der Waals surface area contributed by atoms with E-state index in [-0.39, 0.29) is 29.7 Å². The van der Waals surface area contributed by atoms with Crippen LogP contribution in [-0.2, 0) is 9.59 Å². The fourth-order valence-electron chi connectivity index (χ4n) is 3.43. The van der Waals surface area contributed by atoms with Gasteiger partial charge in [-0.25, -0.2) is 0 Å². The molecule has 0 saturated carbocycles. The zero-order valence-corrected chi connectivity index (χ0v) is 18.5. The van der Waals surface area contributed by atoms with Crippen LogP contribution in [0.25, 0.3) is 0 Å². The molecule has 1 fully saturated rings. The van der Waals surface area contributed by atoms with Gasteiger partial charge in [0.2, 0.25) is 5.91 Å². The van der Waals surface area contributed by atoms with E-state index in [9.17, 15) is 9.59 Å². The standard InChI is InChI=1S/C18H37N7O2.C2H6/c1-13(26)15(7-4-10-23-18(21)22)24-17(27)16-8-5-11-25(16)12-14(20)6-2-3-9-19;1-2/h14-16H,2-12,19-20H2,1H3,(H,24,27)(H4,21,22,23);1-2H3. The van der Waals surface area contributed by atoms with Gasteiger partial charge in [-0.1, -0.05) is 20.3 Å². The first kappa shape index (κ1) is 27.3. The number of hydrogen-bond acceptors (Lipinski definition) is 6. The second-order valence-corrected chi connectivity index (χ2v) is 7.32. The van der Waals surface area contributed by atoms with Crippen LogP contribution in [0, 0.1) is 0 Å². The third kappa shape index (κ3) is 11.8. The number of likely N-dealkylation sites (tertiary alicyclic amines) is 1. The van der Waals surface area contributed by atoms with Crippen LogP contribution in [0.1, 0.15) is 65.7 Å². The monoisotopic (exact) mass is 413 g/mol. The summed E-state index contributed by atoms with van der Waals surface area (Å²) in [6.45, 7) is 8.16. The molecule has 1 heterocycles. The van der Waals surface area contributed by atoms with Gasteiger partial charge in [-0.05, 0) is 58.5 Å². The van der Waals surface area contributed by atoms with Crippen LogP contribution in [0.3, 0.4) is 0 Å². The first-order chi connectivity index (χ1) is 13.8. The van der Waals surface area contributed by atoms with E-state index >= 15 is 0 Å². The molecule has 0 bridgehead atoms. The van der Waals surface area contributed by atoms with Crippen molar-refractivity contribution < 1.29 is 9.59 Å². The van der Waals surface area contributed by atoms with E-state index in [1.165, 1.54) is 6.92 Å². The largest absolute Gasteiger partial charge is 0.370 e. The number of amides is 1. The normalized spacial score (nSPS) is 18.3. The maximum Gasteiger partial charge on any atom is 0.237 e. The molecule has 0 radical (unpaired) electrons. The van der Waals surface area contributed by atoms with E-state index in [0.29, 0.717) is 32.5 Å². The molecule has 1 amide bonds. The highest BCUT2D eigenvalue weighted by molar-refractivity contribution is 5.89. The van der Waals surface area contributed by atoms with Gasteiger partial charge in [0.25, 0.3) is 0 Å². The van der Waals surface area contributed by atoms with Crippen molar-refractivity contribution in [3.8, 4) is 0 Å². The van der Waals surface area contributed by atoms with Gasteiger partial charge in [-0.15, -0.1) is 0 Å². The molecule has 1 rings (SSSR count). The molecule has 3 unspecified atom stereocenters. The van der Waals surface area contributed by atoms with Crippen molar-refractivity contribution in [3.05, 3.63) is 0 Å². The van der Waals surface area contributed by atoms with Crippen molar-refractivity contribution in [2.45, 2.75) is 83.8 Å². The molecule has 9 nitrogen and oxygen atoms in total. The number of unbranched alkanes of at least 4 members (excludes halogenated alkanes) is 1. The van der Waals surface area contributed by atoms with Gasteiger partial charge in [0.1, 0.15) is 0 Å². The summed E-state index contributed by atoms with van der Waals surface area (Å²) < 4.78 is 0. The number of carbonyl (C=O) groups is 2. The average Bonchev–Trinajstić information content (AvgIpc) is 3.13. The number of hydrogen-bond donors (Lipinski definition) is 5. The Morgan fingerprint density at radius 2 is 1.86 bits per heavy atom. The summed E-state index contributed by atoms with van der Waals surface area (Å²) in [6, 6.07) is -0.689. The minimum atomic E-state index is -0.507. The van der Waals surface area contributed by atoms with Crippen LogP contribution in [0.5, 0.6) is 0 Å². The zero-order chi connectivity index (χ0) is 22.2. The molecule has 170 valence electrons. The van der Waals surface area contributed by atoms with E-state index in [1.54, 1.807) is 0 Å². The number of guanidine groups is 1. The predicted molar refractivity (Wildman–Crippen MR) is 119 cm³/mol. The zero-order valence-electron chi connectivity index (χ0n) is 18.5. The number of carbonyl (C=O) groups excluding carboxylic acids is 2. The highest BCUT2D eigenvalue weighted by Gasteiger charge is 2.32. The van der Waals surface area contributed by atoms with Crippen LogP contribution in [0.2, 0.25) is 0 Å². The molecular formula is C20H43N7O2. The van der Waals surface area contributed by atoms with Crippen molar-refractivity contribution in [1.29, 1.82) is 0 Å². The quantitative estimate of drug-likeness (QED) is 0.162. The highest BCUT2D eigenvalue weighted by atomic mass is 16.2. The Morgan fingerprint density at radius 1 is 1.17 bits per heavy atom. The van der Waals surface area contributed by atoms with Crippen LogP contribution in [0.4, 0.5) is 0 Å². The Labute approximate surface area is 176 Å². The van der Waals surface area contributed by atoms with E-state index < -0.39 is 6.04 Å². The summed E-state index contributed by atoms with van der Waals surface area (Å²) in [4.78, 5) is 30.7. The summed E-state index contributed by atoms with van der Waals surface area (Å²) >= 11 is 0. The number of nitrogens with zero attached hydrogens (tertiary/aromatic N) is 2. The Bertz CT molecular complexity index is 495. The number of Topliss-reactive ketones (excluding diaryl/α,β-unsaturated/α-hetero) is 1. The molecule has 0 aromatic carbocycles. The second-order valence-electron chi connectivity index (χ2n) is 7.32. The average molecular weight is 414 g/mol.